The third kappa shape index (κ3) is 5.48. The van der Waals surface area contributed by atoms with Gasteiger partial charge in [-0.1, -0.05) is 26.1 Å². The second-order valence-electron chi connectivity index (χ2n) is 4.65. The average Bonchev–Trinajstić information content (AvgIpc) is 2.38. The van der Waals surface area contributed by atoms with E-state index < -0.39 is 0 Å². The molecular formula is C13H22N4OS. The van der Waals surface area contributed by atoms with Crippen LogP contribution >= 0.6 is 12.2 Å². The summed E-state index contributed by atoms with van der Waals surface area (Å²) in [5.74, 6) is 1.27. The van der Waals surface area contributed by atoms with E-state index in [2.05, 4.69) is 28.7 Å². The molecule has 0 atom stereocenters. The number of anilines is 1. The van der Waals surface area contributed by atoms with Crippen LogP contribution in [0.4, 0.5) is 5.82 Å². The van der Waals surface area contributed by atoms with E-state index in [9.17, 15) is 0 Å². The molecular weight excluding hydrogens is 260 g/mol. The number of methoxy groups -OCH3 is 1. The van der Waals surface area contributed by atoms with E-state index in [1.165, 1.54) is 0 Å². The molecule has 106 valence electrons. The summed E-state index contributed by atoms with van der Waals surface area (Å²) >= 11 is 4.93. The number of rotatable bonds is 8. The van der Waals surface area contributed by atoms with E-state index in [0.29, 0.717) is 23.9 Å². The molecule has 6 heteroatoms. The van der Waals surface area contributed by atoms with Gasteiger partial charge in [-0.2, -0.15) is 0 Å². The van der Waals surface area contributed by atoms with E-state index in [4.69, 9.17) is 22.7 Å². The van der Waals surface area contributed by atoms with Crippen molar-refractivity contribution in [2.24, 2.45) is 5.73 Å². The molecule has 0 aliphatic rings. The molecule has 2 N–H and O–H groups in total. The van der Waals surface area contributed by atoms with Gasteiger partial charge in [0.15, 0.2) is 0 Å². The highest BCUT2D eigenvalue weighted by atomic mass is 32.1. The van der Waals surface area contributed by atoms with Crippen molar-refractivity contribution >= 4 is 23.0 Å². The lowest BCUT2D eigenvalue weighted by Gasteiger charge is -2.23. The zero-order chi connectivity index (χ0) is 14.3. The number of nitrogens with zero attached hydrogens (tertiary/aromatic N) is 3. The Morgan fingerprint density at radius 2 is 2.16 bits per heavy atom. The topological polar surface area (TPSA) is 64.3 Å². The van der Waals surface area contributed by atoms with Crippen LogP contribution in [0.5, 0.6) is 0 Å². The Kier molecular flexibility index (Phi) is 6.66. The molecule has 1 aromatic heterocycles. The molecule has 0 bridgehead atoms. The summed E-state index contributed by atoms with van der Waals surface area (Å²) in [6.07, 6.45) is 2.27. The lowest BCUT2D eigenvalue weighted by Crippen LogP contribution is -2.31. The maximum Gasteiger partial charge on any atom is 0.132 e. The number of nitrogens with two attached hydrogens (primary N) is 1. The molecule has 0 aromatic carbocycles. The zero-order valence-corrected chi connectivity index (χ0v) is 12.6. The van der Waals surface area contributed by atoms with Crippen molar-refractivity contribution in [1.82, 2.24) is 9.97 Å². The summed E-state index contributed by atoms with van der Waals surface area (Å²) < 4.78 is 5.13. The molecule has 0 fully saturated rings. The van der Waals surface area contributed by atoms with Gasteiger partial charge in [0.25, 0.3) is 0 Å². The van der Waals surface area contributed by atoms with Crippen LogP contribution in [0.1, 0.15) is 31.9 Å². The van der Waals surface area contributed by atoms with Crippen LogP contribution in [0.3, 0.4) is 0 Å². The van der Waals surface area contributed by atoms with Crippen LogP contribution < -0.4 is 10.6 Å². The minimum Gasteiger partial charge on any atom is -0.393 e. The summed E-state index contributed by atoms with van der Waals surface area (Å²) in [5, 5.41) is 0. The van der Waals surface area contributed by atoms with Gasteiger partial charge in [0.1, 0.15) is 12.1 Å². The van der Waals surface area contributed by atoms with Crippen LogP contribution in [0, 0.1) is 0 Å². The highest BCUT2D eigenvalue weighted by molar-refractivity contribution is 7.80. The summed E-state index contributed by atoms with van der Waals surface area (Å²) in [6.45, 7) is 6.36. The fourth-order valence-corrected chi connectivity index (χ4v) is 1.73. The van der Waals surface area contributed by atoms with Gasteiger partial charge in [0, 0.05) is 38.4 Å². The standard InChI is InChI=1S/C13H22N4OS/c1-10(2)11-8-13(16-9-15-11)17(6-7-18-3)5-4-12(14)19/h8-10H,4-7H2,1-3H3,(H2,14,19). The van der Waals surface area contributed by atoms with E-state index in [1.54, 1.807) is 13.4 Å². The lowest BCUT2D eigenvalue weighted by molar-refractivity contribution is 0.205. The maximum absolute atomic E-state index is 5.57. The van der Waals surface area contributed by atoms with Crippen LogP contribution in [0.2, 0.25) is 0 Å². The molecule has 0 aliphatic carbocycles. The lowest BCUT2D eigenvalue weighted by atomic mass is 10.1. The number of thiocarbonyl (C=S) groups is 1. The van der Waals surface area contributed by atoms with Crippen molar-refractivity contribution in [3.05, 3.63) is 18.1 Å². The van der Waals surface area contributed by atoms with E-state index in [-0.39, 0.29) is 0 Å². The largest absolute Gasteiger partial charge is 0.393 e. The molecule has 0 unspecified atom stereocenters. The van der Waals surface area contributed by atoms with Gasteiger partial charge in [-0.25, -0.2) is 9.97 Å². The molecule has 19 heavy (non-hydrogen) atoms. The highest BCUT2D eigenvalue weighted by Crippen LogP contribution is 2.17. The Labute approximate surface area is 120 Å². The monoisotopic (exact) mass is 282 g/mol. The SMILES string of the molecule is COCCN(CCC(N)=S)c1cc(C(C)C)ncn1. The first-order chi connectivity index (χ1) is 9.04. The first-order valence-corrected chi connectivity index (χ1v) is 6.79. The van der Waals surface area contributed by atoms with Gasteiger partial charge in [-0.05, 0) is 5.92 Å². The number of hydrogen-bond acceptors (Lipinski definition) is 5. The maximum atomic E-state index is 5.57. The van der Waals surface area contributed by atoms with Crippen LogP contribution in [-0.2, 0) is 4.74 Å². The molecule has 0 saturated carbocycles. The molecule has 1 heterocycles. The van der Waals surface area contributed by atoms with Gasteiger partial charge >= 0.3 is 0 Å². The van der Waals surface area contributed by atoms with E-state index in [0.717, 1.165) is 24.6 Å². The minimum atomic E-state index is 0.376. The number of ether oxygens (including phenoxy) is 1. The minimum absolute atomic E-state index is 0.376. The molecule has 1 rings (SSSR count). The zero-order valence-electron chi connectivity index (χ0n) is 11.8. The summed E-state index contributed by atoms with van der Waals surface area (Å²) in [6, 6.07) is 2.01. The van der Waals surface area contributed by atoms with Gasteiger partial charge < -0.3 is 15.4 Å². The average molecular weight is 282 g/mol. The summed E-state index contributed by atoms with van der Waals surface area (Å²) in [4.78, 5) is 11.2. The van der Waals surface area contributed by atoms with Crippen LogP contribution in [0.25, 0.3) is 0 Å². The molecule has 0 saturated heterocycles. The van der Waals surface area contributed by atoms with Gasteiger partial charge in [0.2, 0.25) is 0 Å². The fourth-order valence-electron chi connectivity index (χ4n) is 1.64. The van der Waals surface area contributed by atoms with Gasteiger partial charge in [-0.3, -0.25) is 0 Å². The van der Waals surface area contributed by atoms with Gasteiger partial charge in [-0.15, -0.1) is 0 Å². The molecule has 5 nitrogen and oxygen atoms in total. The Morgan fingerprint density at radius 1 is 1.42 bits per heavy atom. The molecule has 0 amide bonds. The third-order valence-corrected chi connectivity index (χ3v) is 2.99. The fraction of sp³-hybridized carbons (Fsp3) is 0.615. The van der Waals surface area contributed by atoms with Crippen LogP contribution in [-0.4, -0.2) is 41.8 Å². The molecule has 0 aliphatic heterocycles. The highest BCUT2D eigenvalue weighted by Gasteiger charge is 2.10. The Hall–Kier alpha value is -1.27. The number of hydrogen-bond donors (Lipinski definition) is 1. The second kappa shape index (κ2) is 8.01. The first-order valence-electron chi connectivity index (χ1n) is 6.38. The van der Waals surface area contributed by atoms with E-state index >= 15 is 0 Å². The Bertz CT molecular complexity index is 411. The quantitative estimate of drug-likeness (QED) is 0.733. The summed E-state index contributed by atoms with van der Waals surface area (Å²) in [5.41, 5.74) is 6.60. The van der Waals surface area contributed by atoms with Crippen molar-refractivity contribution in [3.8, 4) is 0 Å². The predicted molar refractivity (Wildman–Crippen MR) is 81.6 cm³/mol. The Morgan fingerprint density at radius 3 is 2.74 bits per heavy atom. The predicted octanol–water partition coefficient (Wildman–Crippen LogP) is 1.73. The number of aromatic nitrogens is 2. The van der Waals surface area contributed by atoms with Crippen LogP contribution in [0.15, 0.2) is 12.4 Å². The van der Waals surface area contributed by atoms with Crippen molar-refractivity contribution in [2.45, 2.75) is 26.2 Å². The van der Waals surface area contributed by atoms with Crippen molar-refractivity contribution in [2.75, 3.05) is 31.7 Å². The summed E-state index contributed by atoms with van der Waals surface area (Å²) in [7, 11) is 1.69. The smallest absolute Gasteiger partial charge is 0.132 e. The van der Waals surface area contributed by atoms with Crippen molar-refractivity contribution in [3.63, 3.8) is 0 Å². The molecule has 1 aromatic rings. The first kappa shape index (κ1) is 15.8. The molecule has 0 radical (unpaired) electrons. The van der Waals surface area contributed by atoms with Crippen molar-refractivity contribution in [1.29, 1.82) is 0 Å². The van der Waals surface area contributed by atoms with Gasteiger partial charge in [0.05, 0.1) is 11.6 Å². The third-order valence-electron chi connectivity index (χ3n) is 2.78. The van der Waals surface area contributed by atoms with Crippen molar-refractivity contribution < 1.29 is 4.74 Å². The second-order valence-corrected chi connectivity index (χ2v) is 5.18. The Balaban J connectivity index is 2.82. The van der Waals surface area contributed by atoms with E-state index in [1.807, 2.05) is 6.07 Å². The normalized spacial score (nSPS) is 10.7. The molecule has 0 spiro atoms.